The van der Waals surface area contributed by atoms with E-state index in [9.17, 15) is 18.0 Å². The third-order valence-electron chi connectivity index (χ3n) is 5.18. The number of halogens is 3. The van der Waals surface area contributed by atoms with Gasteiger partial charge in [-0.25, -0.2) is 4.68 Å². The van der Waals surface area contributed by atoms with Crippen LogP contribution < -0.4 is 5.32 Å². The molecule has 4 rings (SSSR count). The van der Waals surface area contributed by atoms with E-state index in [4.69, 9.17) is 0 Å². The van der Waals surface area contributed by atoms with Crippen molar-refractivity contribution >= 4 is 11.7 Å². The zero-order valence-corrected chi connectivity index (χ0v) is 14.8. The minimum absolute atomic E-state index is 0.0675. The van der Waals surface area contributed by atoms with E-state index in [1.807, 2.05) is 0 Å². The number of anilines is 1. The minimum atomic E-state index is -4.36. The van der Waals surface area contributed by atoms with E-state index in [0.717, 1.165) is 11.1 Å². The first-order chi connectivity index (χ1) is 12.8. The molecule has 0 aromatic carbocycles. The molecule has 0 bridgehead atoms. The van der Waals surface area contributed by atoms with Crippen molar-refractivity contribution in [3.63, 3.8) is 0 Å². The average Bonchev–Trinajstić information content (AvgIpc) is 3.26. The van der Waals surface area contributed by atoms with E-state index in [2.05, 4.69) is 15.4 Å². The average molecular weight is 379 g/mol. The summed E-state index contributed by atoms with van der Waals surface area (Å²) in [5.74, 6) is 0.203. The highest BCUT2D eigenvalue weighted by Crippen LogP contribution is 2.41. The molecule has 4 heterocycles. The highest BCUT2D eigenvalue weighted by Gasteiger charge is 2.46. The first kappa shape index (κ1) is 17.8. The molecule has 9 heteroatoms. The maximum Gasteiger partial charge on any atom is 0.410 e. The lowest BCUT2D eigenvalue weighted by molar-refractivity contribution is -0.173. The van der Waals surface area contributed by atoms with Crippen LogP contribution >= 0.6 is 0 Å². The number of carbonyl (C=O) groups is 1. The number of amides is 1. The standard InChI is InChI=1S/C18H20F3N5O/c1-11-9-15(18(19,20)21)26-16(23-11)10-13(24-26)14-3-2-8-25(14)17(27)12-4-6-22-7-5-12/h4-7,10-11,14-15,23H,2-3,8-9H2,1H3/t11-,14-,15-/m1/s1. The van der Waals surface area contributed by atoms with Gasteiger partial charge in [-0.3, -0.25) is 9.78 Å². The van der Waals surface area contributed by atoms with E-state index in [-0.39, 0.29) is 24.4 Å². The summed E-state index contributed by atoms with van der Waals surface area (Å²) >= 11 is 0. The number of rotatable bonds is 2. The van der Waals surface area contributed by atoms with Crippen LogP contribution in [0.2, 0.25) is 0 Å². The number of fused-ring (bicyclic) bond motifs is 1. The monoisotopic (exact) mass is 379 g/mol. The summed E-state index contributed by atoms with van der Waals surface area (Å²) in [5.41, 5.74) is 1.02. The number of pyridine rings is 1. The molecule has 144 valence electrons. The number of nitrogens with zero attached hydrogens (tertiary/aromatic N) is 4. The largest absolute Gasteiger partial charge is 0.410 e. The highest BCUT2D eigenvalue weighted by atomic mass is 19.4. The van der Waals surface area contributed by atoms with Crippen LogP contribution in [0.4, 0.5) is 19.0 Å². The molecule has 2 aliphatic heterocycles. The van der Waals surface area contributed by atoms with Crippen LogP contribution in [0.15, 0.2) is 30.6 Å². The molecule has 1 saturated heterocycles. The van der Waals surface area contributed by atoms with Gasteiger partial charge in [0.25, 0.3) is 5.91 Å². The molecule has 2 aliphatic rings. The van der Waals surface area contributed by atoms with E-state index < -0.39 is 12.2 Å². The van der Waals surface area contributed by atoms with Gasteiger partial charge in [0.15, 0.2) is 6.04 Å². The van der Waals surface area contributed by atoms with Crippen LogP contribution in [0.5, 0.6) is 0 Å². The predicted octanol–water partition coefficient (Wildman–Crippen LogP) is 3.56. The van der Waals surface area contributed by atoms with Crippen LogP contribution in [0.1, 0.15) is 54.3 Å². The quantitative estimate of drug-likeness (QED) is 0.867. The van der Waals surface area contributed by atoms with Crippen molar-refractivity contribution in [1.82, 2.24) is 19.7 Å². The van der Waals surface area contributed by atoms with Crippen LogP contribution in [0.25, 0.3) is 0 Å². The Hall–Kier alpha value is -2.58. The SMILES string of the molecule is C[C@@H]1C[C@H](C(F)(F)F)n2nc([C@H]3CCCN3C(=O)c3ccncc3)cc2N1. The smallest absolute Gasteiger partial charge is 0.368 e. The number of hydrogen-bond donors (Lipinski definition) is 1. The van der Waals surface area contributed by atoms with Crippen LogP contribution in [0.3, 0.4) is 0 Å². The molecule has 1 amide bonds. The normalized spacial score (nSPS) is 25.2. The predicted molar refractivity (Wildman–Crippen MR) is 92.3 cm³/mol. The van der Waals surface area contributed by atoms with E-state index >= 15 is 0 Å². The Bertz CT molecular complexity index is 835. The van der Waals surface area contributed by atoms with Crippen molar-refractivity contribution in [2.24, 2.45) is 0 Å². The lowest BCUT2D eigenvalue weighted by Gasteiger charge is -2.31. The Labute approximate surface area is 154 Å². The summed E-state index contributed by atoms with van der Waals surface area (Å²) < 4.78 is 41.4. The summed E-state index contributed by atoms with van der Waals surface area (Å²) in [6.45, 7) is 2.28. The maximum atomic E-state index is 13.4. The van der Waals surface area contributed by atoms with Gasteiger partial charge in [-0.05, 0) is 38.3 Å². The van der Waals surface area contributed by atoms with E-state index in [1.165, 1.54) is 0 Å². The molecular formula is C18H20F3N5O. The summed E-state index contributed by atoms with van der Waals surface area (Å²) in [6.07, 6.45) is 0.133. The third kappa shape index (κ3) is 3.26. The van der Waals surface area contributed by atoms with Gasteiger partial charge < -0.3 is 10.2 Å². The van der Waals surface area contributed by atoms with Gasteiger partial charge in [0.05, 0.1) is 11.7 Å². The van der Waals surface area contributed by atoms with Gasteiger partial charge in [-0.15, -0.1) is 0 Å². The zero-order chi connectivity index (χ0) is 19.2. The van der Waals surface area contributed by atoms with Crippen molar-refractivity contribution in [1.29, 1.82) is 0 Å². The number of hydrogen-bond acceptors (Lipinski definition) is 4. The van der Waals surface area contributed by atoms with Gasteiger partial charge >= 0.3 is 6.18 Å². The van der Waals surface area contributed by atoms with Gasteiger partial charge in [-0.2, -0.15) is 18.3 Å². The first-order valence-electron chi connectivity index (χ1n) is 8.98. The van der Waals surface area contributed by atoms with Crippen molar-refractivity contribution in [3.8, 4) is 0 Å². The van der Waals surface area contributed by atoms with E-state index in [1.54, 1.807) is 42.4 Å². The van der Waals surface area contributed by atoms with Crippen LogP contribution in [0, 0.1) is 0 Å². The Kier molecular flexibility index (Phi) is 4.32. The number of alkyl halides is 3. The molecule has 6 nitrogen and oxygen atoms in total. The second kappa shape index (κ2) is 6.54. The molecule has 0 aliphatic carbocycles. The second-order valence-electron chi connectivity index (χ2n) is 7.13. The molecule has 3 atom stereocenters. The number of carbonyl (C=O) groups excluding carboxylic acids is 1. The summed E-state index contributed by atoms with van der Waals surface area (Å²) in [7, 11) is 0. The summed E-state index contributed by atoms with van der Waals surface area (Å²) in [6, 6.07) is 2.65. The molecular weight excluding hydrogens is 359 g/mol. The molecule has 2 aromatic heterocycles. The maximum absolute atomic E-state index is 13.4. The molecule has 0 unspecified atom stereocenters. The van der Waals surface area contributed by atoms with Crippen molar-refractivity contribution in [2.75, 3.05) is 11.9 Å². The van der Waals surface area contributed by atoms with Gasteiger partial charge in [0, 0.05) is 36.6 Å². The van der Waals surface area contributed by atoms with Crippen LogP contribution in [-0.2, 0) is 0 Å². The first-order valence-corrected chi connectivity index (χ1v) is 8.98. The van der Waals surface area contributed by atoms with E-state index in [0.29, 0.717) is 30.0 Å². The van der Waals surface area contributed by atoms with Crippen molar-refractivity contribution < 1.29 is 18.0 Å². The van der Waals surface area contributed by atoms with Gasteiger partial charge in [0.2, 0.25) is 0 Å². The Morgan fingerprint density at radius 3 is 2.74 bits per heavy atom. The fourth-order valence-corrected chi connectivity index (χ4v) is 3.92. The van der Waals surface area contributed by atoms with Crippen molar-refractivity contribution in [2.45, 2.75) is 50.5 Å². The highest BCUT2D eigenvalue weighted by molar-refractivity contribution is 5.94. The van der Waals surface area contributed by atoms with Crippen LogP contribution in [-0.4, -0.2) is 44.3 Å². The van der Waals surface area contributed by atoms with Gasteiger partial charge in [-0.1, -0.05) is 0 Å². The molecule has 1 N–H and O–H groups in total. The van der Waals surface area contributed by atoms with Gasteiger partial charge in [0.1, 0.15) is 5.82 Å². The Morgan fingerprint density at radius 2 is 2.04 bits per heavy atom. The number of aromatic nitrogens is 3. The topological polar surface area (TPSA) is 63.1 Å². The molecule has 0 spiro atoms. The lowest BCUT2D eigenvalue weighted by atomic mass is 10.1. The third-order valence-corrected chi connectivity index (χ3v) is 5.18. The summed E-state index contributed by atoms with van der Waals surface area (Å²) in [4.78, 5) is 18.4. The zero-order valence-electron chi connectivity index (χ0n) is 14.8. The summed E-state index contributed by atoms with van der Waals surface area (Å²) in [5, 5.41) is 7.34. The number of likely N-dealkylation sites (tertiary alicyclic amines) is 1. The molecule has 0 radical (unpaired) electrons. The fraction of sp³-hybridized carbons (Fsp3) is 0.500. The Balaban J connectivity index is 1.65. The lowest BCUT2D eigenvalue weighted by Crippen LogP contribution is -2.38. The van der Waals surface area contributed by atoms with Crippen molar-refractivity contribution in [3.05, 3.63) is 41.9 Å². The fourth-order valence-electron chi connectivity index (χ4n) is 3.92. The second-order valence-corrected chi connectivity index (χ2v) is 7.13. The Morgan fingerprint density at radius 1 is 1.30 bits per heavy atom. The minimum Gasteiger partial charge on any atom is -0.368 e. The molecule has 0 saturated carbocycles. The molecule has 1 fully saturated rings. The number of nitrogens with one attached hydrogen (secondary N) is 1. The molecule has 27 heavy (non-hydrogen) atoms. The molecule has 2 aromatic rings.